The van der Waals surface area contributed by atoms with Crippen LogP contribution in [0.1, 0.15) is 38.2 Å². The van der Waals surface area contributed by atoms with E-state index in [9.17, 15) is 0 Å². The fourth-order valence-corrected chi connectivity index (χ4v) is 2.77. The number of thiocarbonyl (C=S) groups is 1. The Morgan fingerprint density at radius 3 is 2.83 bits per heavy atom. The second-order valence-electron chi connectivity index (χ2n) is 5.02. The molecule has 98 valence electrons. The third kappa shape index (κ3) is 3.36. The van der Waals surface area contributed by atoms with Gasteiger partial charge in [-0.1, -0.05) is 37.2 Å². The molecule has 0 bridgehead atoms. The summed E-state index contributed by atoms with van der Waals surface area (Å²) in [4.78, 5) is 0.356. The lowest BCUT2D eigenvalue weighted by molar-refractivity contribution is 0.129. The van der Waals surface area contributed by atoms with Gasteiger partial charge in [0.2, 0.25) is 0 Å². The van der Waals surface area contributed by atoms with Crippen LogP contribution in [0.15, 0.2) is 18.2 Å². The highest BCUT2D eigenvalue weighted by Gasteiger charge is 2.21. The summed E-state index contributed by atoms with van der Waals surface area (Å²) < 4.78 is 5.98. The van der Waals surface area contributed by atoms with Crippen LogP contribution in [-0.4, -0.2) is 11.1 Å². The van der Waals surface area contributed by atoms with Crippen LogP contribution in [0.5, 0.6) is 5.75 Å². The molecular weight excluding hydrogens is 266 g/mol. The normalized spacial score (nSPS) is 23.7. The van der Waals surface area contributed by atoms with Gasteiger partial charge in [-0.05, 0) is 43.4 Å². The summed E-state index contributed by atoms with van der Waals surface area (Å²) in [6, 6.07) is 5.48. The number of hydrogen-bond donors (Lipinski definition) is 1. The van der Waals surface area contributed by atoms with Crippen molar-refractivity contribution in [1.82, 2.24) is 0 Å². The molecule has 0 saturated heterocycles. The second-order valence-corrected chi connectivity index (χ2v) is 5.87. The van der Waals surface area contributed by atoms with Crippen molar-refractivity contribution < 1.29 is 4.74 Å². The summed E-state index contributed by atoms with van der Waals surface area (Å²) in [5.41, 5.74) is 6.34. The van der Waals surface area contributed by atoms with Gasteiger partial charge in [-0.15, -0.1) is 0 Å². The fourth-order valence-electron chi connectivity index (χ4n) is 2.41. The Morgan fingerprint density at radius 2 is 2.22 bits per heavy atom. The molecule has 2 N–H and O–H groups in total. The molecule has 0 radical (unpaired) electrons. The lowest BCUT2D eigenvalue weighted by atomic mass is 9.89. The van der Waals surface area contributed by atoms with E-state index < -0.39 is 0 Å². The predicted octanol–water partition coefficient (Wildman–Crippen LogP) is 3.93. The largest absolute Gasteiger partial charge is 0.489 e. The Bertz CT molecular complexity index is 449. The van der Waals surface area contributed by atoms with E-state index in [4.69, 9.17) is 34.3 Å². The van der Waals surface area contributed by atoms with Crippen molar-refractivity contribution in [3.05, 3.63) is 28.8 Å². The predicted molar refractivity (Wildman–Crippen MR) is 79.4 cm³/mol. The first-order valence-electron chi connectivity index (χ1n) is 6.32. The van der Waals surface area contributed by atoms with Gasteiger partial charge >= 0.3 is 0 Å². The van der Waals surface area contributed by atoms with Crippen LogP contribution in [0.2, 0.25) is 5.02 Å². The first-order valence-corrected chi connectivity index (χ1v) is 7.11. The van der Waals surface area contributed by atoms with Crippen LogP contribution in [0, 0.1) is 5.92 Å². The average molecular weight is 284 g/mol. The Morgan fingerprint density at radius 1 is 1.44 bits per heavy atom. The molecule has 4 heteroatoms. The molecule has 2 rings (SSSR count). The van der Waals surface area contributed by atoms with Gasteiger partial charge in [-0.3, -0.25) is 0 Å². The van der Waals surface area contributed by atoms with Crippen molar-refractivity contribution >= 4 is 28.8 Å². The van der Waals surface area contributed by atoms with E-state index in [0.717, 1.165) is 30.1 Å². The second kappa shape index (κ2) is 5.89. The highest BCUT2D eigenvalue weighted by atomic mass is 35.5. The highest BCUT2D eigenvalue weighted by Crippen LogP contribution is 2.31. The third-order valence-electron chi connectivity index (χ3n) is 3.40. The lowest BCUT2D eigenvalue weighted by Gasteiger charge is -2.27. The molecular formula is C14H18ClNOS. The molecule has 1 aromatic rings. The minimum atomic E-state index is 0.280. The van der Waals surface area contributed by atoms with E-state index in [-0.39, 0.29) is 6.10 Å². The molecule has 1 aliphatic carbocycles. The van der Waals surface area contributed by atoms with Crippen molar-refractivity contribution in [1.29, 1.82) is 0 Å². The van der Waals surface area contributed by atoms with Gasteiger partial charge in [-0.25, -0.2) is 0 Å². The van der Waals surface area contributed by atoms with E-state index in [2.05, 4.69) is 6.92 Å². The molecule has 18 heavy (non-hydrogen) atoms. The van der Waals surface area contributed by atoms with E-state index in [1.807, 2.05) is 12.1 Å². The lowest BCUT2D eigenvalue weighted by Crippen LogP contribution is -2.24. The maximum Gasteiger partial charge on any atom is 0.138 e. The van der Waals surface area contributed by atoms with Crippen molar-refractivity contribution in [3.8, 4) is 5.75 Å². The first-order chi connectivity index (χ1) is 8.56. The van der Waals surface area contributed by atoms with E-state index in [1.54, 1.807) is 6.07 Å². The smallest absolute Gasteiger partial charge is 0.138 e. The maximum absolute atomic E-state index is 6.19. The molecule has 1 aliphatic rings. The number of hydrogen-bond acceptors (Lipinski definition) is 2. The average Bonchev–Trinajstić information content (AvgIpc) is 2.31. The molecule has 2 nitrogen and oxygen atoms in total. The summed E-state index contributed by atoms with van der Waals surface area (Å²) in [6.07, 6.45) is 5.02. The Kier molecular flexibility index (Phi) is 4.46. The number of halogens is 1. The van der Waals surface area contributed by atoms with E-state index >= 15 is 0 Å². The number of benzene rings is 1. The molecule has 0 heterocycles. The summed E-state index contributed by atoms with van der Waals surface area (Å²) in [6.45, 7) is 2.27. The zero-order chi connectivity index (χ0) is 13.1. The molecule has 1 aromatic carbocycles. The van der Waals surface area contributed by atoms with Gasteiger partial charge in [0.15, 0.2) is 0 Å². The van der Waals surface area contributed by atoms with Gasteiger partial charge in [0, 0.05) is 5.56 Å². The van der Waals surface area contributed by atoms with Crippen molar-refractivity contribution in [2.45, 2.75) is 38.7 Å². The highest BCUT2D eigenvalue weighted by molar-refractivity contribution is 7.80. The summed E-state index contributed by atoms with van der Waals surface area (Å²) in [5, 5.41) is 0.582. The van der Waals surface area contributed by atoms with Crippen LogP contribution < -0.4 is 10.5 Å². The van der Waals surface area contributed by atoms with Crippen molar-refractivity contribution in [2.24, 2.45) is 11.7 Å². The fraction of sp³-hybridized carbons (Fsp3) is 0.500. The van der Waals surface area contributed by atoms with Gasteiger partial charge in [0.05, 0.1) is 11.1 Å². The van der Waals surface area contributed by atoms with Gasteiger partial charge in [0.1, 0.15) is 10.7 Å². The minimum absolute atomic E-state index is 0.280. The van der Waals surface area contributed by atoms with Crippen LogP contribution in [0.3, 0.4) is 0 Å². The third-order valence-corrected chi connectivity index (χ3v) is 3.93. The van der Waals surface area contributed by atoms with Crippen LogP contribution >= 0.6 is 23.8 Å². The summed E-state index contributed by atoms with van der Waals surface area (Å²) in [5.74, 6) is 1.47. The topological polar surface area (TPSA) is 35.2 Å². The Labute approximate surface area is 118 Å². The van der Waals surface area contributed by atoms with E-state index in [0.29, 0.717) is 10.0 Å². The van der Waals surface area contributed by atoms with E-state index in [1.165, 1.54) is 12.8 Å². The number of nitrogens with two attached hydrogens (primary N) is 1. The van der Waals surface area contributed by atoms with Crippen LogP contribution in [-0.2, 0) is 0 Å². The number of rotatable bonds is 3. The Balaban J connectivity index is 2.07. The zero-order valence-corrected chi connectivity index (χ0v) is 12.1. The van der Waals surface area contributed by atoms with Crippen molar-refractivity contribution in [3.63, 3.8) is 0 Å². The molecule has 0 amide bonds. The Hall–Kier alpha value is -0.800. The van der Waals surface area contributed by atoms with Crippen LogP contribution in [0.4, 0.5) is 0 Å². The molecule has 0 spiro atoms. The van der Waals surface area contributed by atoms with Crippen LogP contribution in [0.25, 0.3) is 0 Å². The quantitative estimate of drug-likeness (QED) is 0.854. The standard InChI is InChI=1S/C14H18ClNOS/c1-9-3-2-4-11(7-9)17-13-6-5-10(14(16)18)8-12(13)15/h5-6,8-9,11H,2-4,7H2,1H3,(H2,16,18). The molecule has 1 fully saturated rings. The van der Waals surface area contributed by atoms with Crippen molar-refractivity contribution in [2.75, 3.05) is 0 Å². The molecule has 2 unspecified atom stereocenters. The number of ether oxygens (including phenoxy) is 1. The monoisotopic (exact) mass is 283 g/mol. The van der Waals surface area contributed by atoms with Gasteiger partial charge in [-0.2, -0.15) is 0 Å². The zero-order valence-electron chi connectivity index (χ0n) is 10.5. The molecule has 1 saturated carbocycles. The van der Waals surface area contributed by atoms with Gasteiger partial charge in [0.25, 0.3) is 0 Å². The first kappa shape index (κ1) is 13.6. The molecule has 2 atom stereocenters. The minimum Gasteiger partial charge on any atom is -0.489 e. The molecule has 0 aliphatic heterocycles. The molecule has 0 aromatic heterocycles. The summed E-state index contributed by atoms with van der Waals surface area (Å²) in [7, 11) is 0. The maximum atomic E-state index is 6.19. The van der Waals surface area contributed by atoms with Gasteiger partial charge < -0.3 is 10.5 Å². The summed E-state index contributed by atoms with van der Waals surface area (Å²) >= 11 is 11.1. The SMILES string of the molecule is CC1CCCC(Oc2ccc(C(N)=S)cc2Cl)C1.